The number of hydrogen-bond donors (Lipinski definition) is 1. The van der Waals surface area contributed by atoms with Crippen LogP contribution in [0, 0.1) is 0 Å². The summed E-state index contributed by atoms with van der Waals surface area (Å²) in [5.41, 5.74) is 3.89. The molecule has 0 amide bonds. The minimum atomic E-state index is -0.0772. The fourth-order valence-electron chi connectivity index (χ4n) is 3.46. The Morgan fingerprint density at radius 3 is 2.55 bits per heavy atom. The van der Waals surface area contributed by atoms with E-state index in [1.165, 1.54) is 27.6 Å². The van der Waals surface area contributed by atoms with Crippen molar-refractivity contribution in [2.24, 2.45) is 0 Å². The highest BCUT2D eigenvalue weighted by molar-refractivity contribution is 5.83. The van der Waals surface area contributed by atoms with Crippen LogP contribution >= 0.6 is 0 Å². The normalized spacial score (nSPS) is 19.6. The molecule has 3 aromatic rings. The summed E-state index contributed by atoms with van der Waals surface area (Å²) in [6, 6.07) is 23.8. The Kier molecular flexibility index (Phi) is 3.00. The third kappa shape index (κ3) is 2.19. The second kappa shape index (κ2) is 5.03. The molecule has 0 spiro atoms. The Labute approximate surface area is 131 Å². The van der Waals surface area contributed by atoms with Crippen LogP contribution in [0.15, 0.2) is 79.4 Å². The van der Waals surface area contributed by atoms with E-state index in [0.29, 0.717) is 0 Å². The first-order valence-electron chi connectivity index (χ1n) is 7.75. The van der Waals surface area contributed by atoms with E-state index in [1.807, 2.05) is 0 Å². The number of para-hydroxylation sites is 1. The van der Waals surface area contributed by atoms with E-state index in [-0.39, 0.29) is 5.54 Å². The van der Waals surface area contributed by atoms with Gasteiger partial charge < -0.3 is 5.32 Å². The maximum absolute atomic E-state index is 4.09. The van der Waals surface area contributed by atoms with Crippen LogP contribution in [-0.2, 0) is 12.8 Å². The molecule has 0 aliphatic carbocycles. The number of nitrogens with one attached hydrogen (secondary N) is 1. The van der Waals surface area contributed by atoms with Crippen molar-refractivity contribution in [3.8, 4) is 0 Å². The summed E-state index contributed by atoms with van der Waals surface area (Å²) < 4.78 is 0. The predicted molar refractivity (Wildman–Crippen MR) is 94.3 cm³/mol. The minimum absolute atomic E-state index is 0.0772. The van der Waals surface area contributed by atoms with Gasteiger partial charge in [-0.1, -0.05) is 66.7 Å². The highest BCUT2D eigenvalue weighted by Gasteiger charge is 2.33. The van der Waals surface area contributed by atoms with Crippen LogP contribution in [0.25, 0.3) is 10.8 Å². The first-order chi connectivity index (χ1) is 10.8. The maximum atomic E-state index is 4.09. The molecule has 0 radical (unpaired) electrons. The first-order valence-corrected chi connectivity index (χ1v) is 7.75. The molecule has 1 N–H and O–H groups in total. The van der Waals surface area contributed by atoms with Gasteiger partial charge in [-0.25, -0.2) is 0 Å². The van der Waals surface area contributed by atoms with Gasteiger partial charge in [0.2, 0.25) is 0 Å². The monoisotopic (exact) mass is 285 g/mol. The Morgan fingerprint density at radius 2 is 1.73 bits per heavy atom. The molecular weight excluding hydrogens is 266 g/mol. The fourth-order valence-corrected chi connectivity index (χ4v) is 3.46. The van der Waals surface area contributed by atoms with Gasteiger partial charge in [0.05, 0.1) is 5.54 Å². The molecule has 0 aromatic heterocycles. The van der Waals surface area contributed by atoms with Gasteiger partial charge in [-0.3, -0.25) is 0 Å². The Morgan fingerprint density at radius 1 is 0.955 bits per heavy atom. The van der Waals surface area contributed by atoms with E-state index < -0.39 is 0 Å². The quantitative estimate of drug-likeness (QED) is 0.670. The van der Waals surface area contributed by atoms with Gasteiger partial charge >= 0.3 is 0 Å². The molecule has 22 heavy (non-hydrogen) atoms. The van der Waals surface area contributed by atoms with E-state index >= 15 is 0 Å². The Balaban J connectivity index is 1.67. The SMILES string of the molecule is C=C[C@]1(Cc2ccc3ccccc3c2)Cc2ccccc2N1. The molecule has 1 nitrogen and oxygen atoms in total. The standard InChI is InChI=1S/C21H19N/c1-2-21(15-19-9-5-6-10-20(19)22-21)14-16-11-12-17-7-3-4-8-18(17)13-16/h2-13,22H,1,14-15H2/t21-/m0/s1. The number of hydrogen-bond acceptors (Lipinski definition) is 1. The maximum Gasteiger partial charge on any atom is 0.0634 e. The van der Waals surface area contributed by atoms with Crippen molar-refractivity contribution in [2.75, 3.05) is 5.32 Å². The van der Waals surface area contributed by atoms with Crippen LogP contribution in [-0.4, -0.2) is 5.54 Å². The van der Waals surface area contributed by atoms with Crippen LogP contribution < -0.4 is 5.32 Å². The summed E-state index contributed by atoms with van der Waals surface area (Å²) >= 11 is 0. The lowest BCUT2D eigenvalue weighted by Gasteiger charge is -2.26. The van der Waals surface area contributed by atoms with Crippen molar-refractivity contribution in [2.45, 2.75) is 18.4 Å². The average Bonchev–Trinajstić information content (AvgIpc) is 2.93. The van der Waals surface area contributed by atoms with Gasteiger partial charge in [-0.05, 0) is 34.4 Å². The number of benzene rings is 3. The van der Waals surface area contributed by atoms with Gasteiger partial charge in [0, 0.05) is 12.1 Å². The number of anilines is 1. The molecule has 1 aliphatic rings. The molecule has 0 bridgehead atoms. The highest BCUT2D eigenvalue weighted by atomic mass is 15.0. The van der Waals surface area contributed by atoms with Crippen LogP contribution in [0.1, 0.15) is 11.1 Å². The average molecular weight is 285 g/mol. The van der Waals surface area contributed by atoms with Crippen LogP contribution in [0.5, 0.6) is 0 Å². The van der Waals surface area contributed by atoms with Crippen LogP contribution in [0.3, 0.4) is 0 Å². The highest BCUT2D eigenvalue weighted by Crippen LogP contribution is 2.35. The topological polar surface area (TPSA) is 12.0 Å². The molecule has 0 fully saturated rings. The third-order valence-electron chi connectivity index (χ3n) is 4.63. The largest absolute Gasteiger partial charge is 0.375 e. The van der Waals surface area contributed by atoms with E-state index in [0.717, 1.165) is 12.8 Å². The third-order valence-corrected chi connectivity index (χ3v) is 4.63. The Bertz CT molecular complexity index is 822. The minimum Gasteiger partial charge on any atom is -0.375 e. The van der Waals surface area contributed by atoms with Crippen molar-refractivity contribution in [1.82, 2.24) is 0 Å². The van der Waals surface area contributed by atoms with Gasteiger partial charge in [-0.15, -0.1) is 6.58 Å². The van der Waals surface area contributed by atoms with Gasteiger partial charge in [-0.2, -0.15) is 0 Å². The smallest absolute Gasteiger partial charge is 0.0634 e. The molecule has 1 aliphatic heterocycles. The van der Waals surface area contributed by atoms with Crippen molar-refractivity contribution >= 4 is 16.5 Å². The summed E-state index contributed by atoms with van der Waals surface area (Å²) in [6.45, 7) is 4.09. The summed E-state index contributed by atoms with van der Waals surface area (Å²) in [5.74, 6) is 0. The lowest BCUT2D eigenvalue weighted by atomic mass is 9.87. The second-order valence-corrected chi connectivity index (χ2v) is 6.18. The zero-order chi connectivity index (χ0) is 15.0. The van der Waals surface area contributed by atoms with Crippen molar-refractivity contribution in [3.63, 3.8) is 0 Å². The summed E-state index contributed by atoms with van der Waals surface area (Å²) in [6.07, 6.45) is 4.03. The zero-order valence-electron chi connectivity index (χ0n) is 12.5. The Hall–Kier alpha value is -2.54. The molecule has 4 rings (SSSR count). The van der Waals surface area contributed by atoms with E-state index in [2.05, 4.69) is 84.7 Å². The van der Waals surface area contributed by atoms with E-state index in [4.69, 9.17) is 0 Å². The molecule has 1 atom stereocenters. The summed E-state index contributed by atoms with van der Waals surface area (Å²) in [5, 5.41) is 6.27. The van der Waals surface area contributed by atoms with Gasteiger partial charge in [0.15, 0.2) is 0 Å². The molecule has 108 valence electrons. The zero-order valence-corrected chi connectivity index (χ0v) is 12.5. The van der Waals surface area contributed by atoms with Crippen molar-refractivity contribution in [3.05, 3.63) is 90.5 Å². The first kappa shape index (κ1) is 13.1. The lowest BCUT2D eigenvalue weighted by Crippen LogP contribution is -2.36. The van der Waals surface area contributed by atoms with E-state index in [1.54, 1.807) is 0 Å². The predicted octanol–water partition coefficient (Wildman–Crippen LogP) is 4.98. The molecular formula is C21H19N. The molecule has 0 saturated carbocycles. The van der Waals surface area contributed by atoms with Crippen LogP contribution in [0.4, 0.5) is 5.69 Å². The molecule has 1 heterocycles. The molecule has 0 unspecified atom stereocenters. The summed E-state index contributed by atoms with van der Waals surface area (Å²) in [4.78, 5) is 0. The number of rotatable bonds is 3. The van der Waals surface area contributed by atoms with Crippen molar-refractivity contribution < 1.29 is 0 Å². The van der Waals surface area contributed by atoms with Gasteiger partial charge in [0.25, 0.3) is 0 Å². The van der Waals surface area contributed by atoms with Gasteiger partial charge in [0.1, 0.15) is 0 Å². The molecule has 1 heteroatoms. The molecule has 3 aromatic carbocycles. The van der Waals surface area contributed by atoms with Crippen LogP contribution in [0.2, 0.25) is 0 Å². The van der Waals surface area contributed by atoms with Crippen molar-refractivity contribution in [1.29, 1.82) is 0 Å². The second-order valence-electron chi connectivity index (χ2n) is 6.18. The summed E-state index contributed by atoms with van der Waals surface area (Å²) in [7, 11) is 0. The molecule has 0 saturated heterocycles. The fraction of sp³-hybridized carbons (Fsp3) is 0.143. The lowest BCUT2D eigenvalue weighted by molar-refractivity contribution is 0.596. The number of fused-ring (bicyclic) bond motifs is 2. The van der Waals surface area contributed by atoms with E-state index in [9.17, 15) is 0 Å².